The quantitative estimate of drug-likeness (QED) is 0.160. The van der Waals surface area contributed by atoms with Crippen LogP contribution in [0.15, 0.2) is 142 Å². The molecule has 0 amide bonds. The normalized spacial score (nSPS) is 22.8. The molecule has 0 saturated carbocycles. The predicted molar refractivity (Wildman–Crippen MR) is 189 cm³/mol. The predicted octanol–water partition coefficient (Wildman–Crippen LogP) is 8.66. The molecule has 4 nitrogen and oxygen atoms in total. The molecule has 1 aliphatic carbocycles. The van der Waals surface area contributed by atoms with Crippen molar-refractivity contribution in [1.82, 2.24) is 0 Å². The van der Waals surface area contributed by atoms with Gasteiger partial charge in [-0.05, 0) is 78.4 Å². The summed E-state index contributed by atoms with van der Waals surface area (Å²) in [6.45, 7) is 19.4. The van der Waals surface area contributed by atoms with E-state index >= 15 is 0 Å². The van der Waals surface area contributed by atoms with Crippen LogP contribution in [0.4, 0.5) is 0 Å². The second-order valence-corrected chi connectivity index (χ2v) is 13.0. The van der Waals surface area contributed by atoms with Gasteiger partial charge in [0.05, 0.1) is 11.7 Å². The van der Waals surface area contributed by atoms with Crippen molar-refractivity contribution in [2.24, 2.45) is 5.41 Å². The van der Waals surface area contributed by atoms with E-state index in [1.807, 2.05) is 63.3 Å². The van der Waals surface area contributed by atoms with Crippen LogP contribution in [0.5, 0.6) is 0 Å². The molecule has 3 atom stereocenters. The van der Waals surface area contributed by atoms with Gasteiger partial charge in [0.25, 0.3) is 0 Å². The molecule has 0 saturated heterocycles. The number of hydrogen-bond acceptors (Lipinski definition) is 4. The fraction of sp³-hybridized carbons (Fsp3) is 0.400. The lowest BCUT2D eigenvalue weighted by Crippen LogP contribution is -2.38. The zero-order chi connectivity index (χ0) is 33.5. The fourth-order valence-electron chi connectivity index (χ4n) is 4.52. The molecule has 0 aliphatic heterocycles. The minimum Gasteiger partial charge on any atom is -0.390 e. The largest absolute Gasteiger partial charge is 0.390 e. The van der Waals surface area contributed by atoms with Gasteiger partial charge in [0, 0.05) is 0 Å². The van der Waals surface area contributed by atoms with Crippen LogP contribution in [0, 0.1) is 5.41 Å². The molecule has 4 N–H and O–H groups in total. The molecule has 4 heteroatoms. The number of aliphatic hydroxyl groups excluding tert-OH is 3. The third-order valence-electron chi connectivity index (χ3n) is 7.44. The molecule has 0 bridgehead atoms. The van der Waals surface area contributed by atoms with Crippen LogP contribution in [0.2, 0.25) is 0 Å². The van der Waals surface area contributed by atoms with Crippen LogP contribution < -0.4 is 0 Å². The lowest BCUT2D eigenvalue weighted by molar-refractivity contribution is -0.0226. The van der Waals surface area contributed by atoms with Gasteiger partial charge in [-0.25, -0.2) is 0 Å². The third-order valence-corrected chi connectivity index (χ3v) is 7.44. The Kier molecular flexibility index (Phi) is 16.3. The smallest absolute Gasteiger partial charge is 0.101 e. The minimum absolute atomic E-state index is 0.182. The van der Waals surface area contributed by atoms with Crippen LogP contribution in [-0.4, -0.2) is 44.3 Å². The topological polar surface area (TPSA) is 80.9 Å². The Morgan fingerprint density at radius 2 is 1.09 bits per heavy atom. The molecule has 0 aromatic heterocycles. The first kappa shape index (κ1) is 38.7. The van der Waals surface area contributed by atoms with E-state index in [9.17, 15) is 20.4 Å². The van der Waals surface area contributed by atoms with Crippen LogP contribution in [-0.2, 0) is 0 Å². The van der Waals surface area contributed by atoms with E-state index < -0.39 is 23.9 Å². The van der Waals surface area contributed by atoms with E-state index in [0.717, 1.165) is 39.0 Å². The number of hydrogen-bond donors (Lipinski definition) is 4. The Morgan fingerprint density at radius 3 is 1.52 bits per heavy atom. The van der Waals surface area contributed by atoms with Crippen LogP contribution in [0.1, 0.15) is 75.7 Å². The van der Waals surface area contributed by atoms with Crippen LogP contribution >= 0.6 is 0 Å². The summed E-state index contributed by atoms with van der Waals surface area (Å²) in [7, 11) is 0. The molecule has 44 heavy (non-hydrogen) atoms. The molecule has 0 fully saturated rings. The molecule has 0 aromatic rings. The second kappa shape index (κ2) is 18.5. The summed E-state index contributed by atoms with van der Waals surface area (Å²) in [5.74, 6) is 0. The van der Waals surface area contributed by atoms with Crippen molar-refractivity contribution >= 4 is 0 Å². The number of rotatable bonds is 13. The standard InChI is InChI=1S/C40H56O4/c1-29(18-13-20-31(3)21-15-23-33(5)25-27-37(42)40(9,10)44)16-11-12-17-30(2)19-14-22-32(4)24-26-35-34(6)38(43)36(41)28-39(35,7)8/h11-27,36-38,41-44H,28H2,1-10H3/b12-11+,18-13+,19-14+,21-15+,26-24+,27-25+,29-16+,30-17+,31-20+,32-22+,33-23+/t36-,37-,38+/m0/s1. The molecule has 0 radical (unpaired) electrons. The Morgan fingerprint density at radius 1 is 0.705 bits per heavy atom. The van der Waals surface area contributed by atoms with Crippen LogP contribution in [0.25, 0.3) is 0 Å². The Bertz CT molecular complexity index is 1320. The summed E-state index contributed by atoms with van der Waals surface area (Å²) in [5.41, 5.74) is 6.07. The highest BCUT2D eigenvalue weighted by atomic mass is 16.3. The van der Waals surface area contributed by atoms with Crippen molar-refractivity contribution < 1.29 is 20.4 Å². The van der Waals surface area contributed by atoms with Crippen LogP contribution in [0.3, 0.4) is 0 Å². The average Bonchev–Trinajstić information content (AvgIpc) is 2.91. The van der Waals surface area contributed by atoms with Crippen molar-refractivity contribution in [3.8, 4) is 0 Å². The highest BCUT2D eigenvalue weighted by Gasteiger charge is 2.36. The number of aliphatic hydroxyl groups is 4. The third kappa shape index (κ3) is 14.9. The maximum Gasteiger partial charge on any atom is 0.101 e. The monoisotopic (exact) mass is 600 g/mol. The molecule has 240 valence electrons. The first-order valence-electron chi connectivity index (χ1n) is 15.3. The van der Waals surface area contributed by atoms with Crippen molar-refractivity contribution in [1.29, 1.82) is 0 Å². The van der Waals surface area contributed by atoms with Crippen molar-refractivity contribution in [3.63, 3.8) is 0 Å². The maximum atomic E-state index is 10.3. The molecule has 0 spiro atoms. The van der Waals surface area contributed by atoms with E-state index in [4.69, 9.17) is 0 Å². The molecule has 0 aromatic carbocycles. The summed E-state index contributed by atoms with van der Waals surface area (Å²) < 4.78 is 0. The number of allylic oxidation sites excluding steroid dienone is 22. The van der Waals surface area contributed by atoms with Gasteiger partial charge in [-0.1, -0.05) is 145 Å². The van der Waals surface area contributed by atoms with Crippen molar-refractivity contribution in [2.75, 3.05) is 0 Å². The summed E-state index contributed by atoms with van der Waals surface area (Å²) in [4.78, 5) is 0. The Balaban J connectivity index is 2.66. The second-order valence-electron chi connectivity index (χ2n) is 13.0. The Hall–Kier alpha value is -3.28. The average molecular weight is 601 g/mol. The van der Waals surface area contributed by atoms with Gasteiger partial charge in [-0.2, -0.15) is 0 Å². The lowest BCUT2D eigenvalue weighted by Gasteiger charge is -2.38. The van der Waals surface area contributed by atoms with Gasteiger partial charge in [0.1, 0.15) is 12.2 Å². The van der Waals surface area contributed by atoms with E-state index in [-0.39, 0.29) is 5.41 Å². The van der Waals surface area contributed by atoms with Gasteiger partial charge in [-0.3, -0.25) is 0 Å². The van der Waals surface area contributed by atoms with Gasteiger partial charge >= 0.3 is 0 Å². The highest BCUT2D eigenvalue weighted by Crippen LogP contribution is 2.41. The highest BCUT2D eigenvalue weighted by molar-refractivity contribution is 5.39. The molecule has 0 heterocycles. The summed E-state index contributed by atoms with van der Waals surface area (Å²) in [5, 5.41) is 40.1. The van der Waals surface area contributed by atoms with Gasteiger partial charge in [0.2, 0.25) is 0 Å². The molecular formula is C40H56O4. The molecule has 0 unspecified atom stereocenters. The summed E-state index contributed by atoms with van der Waals surface area (Å²) >= 11 is 0. The minimum atomic E-state index is -1.16. The fourth-order valence-corrected chi connectivity index (χ4v) is 4.52. The summed E-state index contributed by atoms with van der Waals surface area (Å²) in [6, 6.07) is 0. The van der Waals surface area contributed by atoms with E-state index in [0.29, 0.717) is 6.42 Å². The van der Waals surface area contributed by atoms with E-state index in [2.05, 4.69) is 83.2 Å². The van der Waals surface area contributed by atoms with Crippen molar-refractivity contribution in [2.45, 2.75) is 99.6 Å². The van der Waals surface area contributed by atoms with Gasteiger partial charge < -0.3 is 20.4 Å². The summed E-state index contributed by atoms with van der Waals surface area (Å²) in [6.07, 6.45) is 32.1. The maximum absolute atomic E-state index is 10.3. The molecule has 1 rings (SSSR count). The zero-order valence-corrected chi connectivity index (χ0v) is 28.5. The first-order valence-corrected chi connectivity index (χ1v) is 15.3. The van der Waals surface area contributed by atoms with Gasteiger partial charge in [-0.15, -0.1) is 0 Å². The van der Waals surface area contributed by atoms with Crippen molar-refractivity contribution in [3.05, 3.63) is 142 Å². The van der Waals surface area contributed by atoms with E-state index in [1.54, 1.807) is 26.0 Å². The molecule has 1 aliphatic rings. The Labute approximate surface area is 267 Å². The zero-order valence-electron chi connectivity index (χ0n) is 28.5. The lowest BCUT2D eigenvalue weighted by atomic mass is 9.70. The van der Waals surface area contributed by atoms with E-state index in [1.165, 1.54) is 0 Å². The molecular weight excluding hydrogens is 544 g/mol. The SMILES string of the molecule is CC1=C(/C=C/C(C)=C/C=C/C(C)=C/C=C/C=C(C)/C=C/C=C(C)/C=C/C=C(C)/C=C/[C@H](O)C(C)(C)O)C(C)(C)C[C@H](O)[C@@H]1O. The first-order chi connectivity index (χ1) is 20.4. The van der Waals surface area contributed by atoms with Gasteiger partial charge in [0.15, 0.2) is 0 Å².